The summed E-state index contributed by atoms with van der Waals surface area (Å²) in [4.78, 5) is 18.7. The van der Waals surface area contributed by atoms with Crippen molar-refractivity contribution < 1.29 is 32.2 Å². The molecule has 0 aliphatic carbocycles. The third-order valence-corrected chi connectivity index (χ3v) is 8.63. The molecule has 3 aliphatic rings. The first kappa shape index (κ1) is 24.5. The molecule has 5 heterocycles. The SMILES string of the molecule is Cn1nc(C(O)C(=O)N2CC3=C(C2)CN(S(=O)(=O)c2cnc4c(c2)OCCO4)C3)cc1-c1ccc(F)cc1. The zero-order chi connectivity index (χ0) is 26.6. The highest BCUT2D eigenvalue weighted by Gasteiger charge is 2.40. The van der Waals surface area contributed by atoms with E-state index >= 15 is 0 Å². The Bertz CT molecular complexity index is 1550. The van der Waals surface area contributed by atoms with Gasteiger partial charge in [0, 0.05) is 39.3 Å². The summed E-state index contributed by atoms with van der Waals surface area (Å²) in [6.07, 6.45) is -0.232. The number of halogens is 1. The largest absolute Gasteiger partial charge is 0.484 e. The molecular formula is C25H24FN5O6S. The van der Waals surface area contributed by atoms with Crippen LogP contribution in [-0.4, -0.2) is 82.8 Å². The number of aliphatic hydroxyl groups excluding tert-OH is 1. The van der Waals surface area contributed by atoms with E-state index in [2.05, 4.69) is 10.1 Å². The van der Waals surface area contributed by atoms with Crippen LogP contribution < -0.4 is 9.47 Å². The molecule has 0 spiro atoms. The molecule has 0 radical (unpaired) electrons. The van der Waals surface area contributed by atoms with E-state index in [4.69, 9.17) is 9.47 Å². The third-order valence-electron chi connectivity index (χ3n) is 6.87. The fourth-order valence-corrected chi connectivity index (χ4v) is 6.28. The second kappa shape index (κ2) is 9.19. The molecule has 1 N–H and O–H groups in total. The topological polar surface area (TPSA) is 127 Å². The van der Waals surface area contributed by atoms with Gasteiger partial charge in [-0.05, 0) is 47.0 Å². The van der Waals surface area contributed by atoms with Crippen LogP contribution in [0.3, 0.4) is 0 Å². The van der Waals surface area contributed by atoms with Crippen LogP contribution in [0.4, 0.5) is 4.39 Å². The van der Waals surface area contributed by atoms with Gasteiger partial charge < -0.3 is 19.5 Å². The van der Waals surface area contributed by atoms with Gasteiger partial charge in [-0.25, -0.2) is 17.8 Å². The lowest BCUT2D eigenvalue weighted by molar-refractivity contribution is -0.139. The van der Waals surface area contributed by atoms with Gasteiger partial charge in [0.15, 0.2) is 11.9 Å². The molecule has 3 aromatic rings. The number of amides is 1. The lowest BCUT2D eigenvalue weighted by Crippen LogP contribution is -2.38. The average Bonchev–Trinajstić information content (AvgIpc) is 3.62. The number of ether oxygens (including phenoxy) is 2. The number of rotatable bonds is 5. The van der Waals surface area contributed by atoms with Crippen LogP contribution in [0.5, 0.6) is 11.6 Å². The van der Waals surface area contributed by atoms with Crippen molar-refractivity contribution in [3.8, 4) is 22.9 Å². The molecule has 1 unspecified atom stereocenters. The maximum absolute atomic E-state index is 13.3. The second-order valence-electron chi connectivity index (χ2n) is 9.33. The number of aliphatic hydroxyl groups is 1. The van der Waals surface area contributed by atoms with Crippen molar-refractivity contribution in [1.82, 2.24) is 24.0 Å². The number of nitrogens with zero attached hydrogens (tertiary/aromatic N) is 5. The molecule has 0 saturated heterocycles. The molecule has 0 saturated carbocycles. The highest BCUT2D eigenvalue weighted by molar-refractivity contribution is 7.89. The van der Waals surface area contributed by atoms with Crippen molar-refractivity contribution in [1.29, 1.82) is 0 Å². The zero-order valence-corrected chi connectivity index (χ0v) is 21.2. The third kappa shape index (κ3) is 4.22. The van der Waals surface area contributed by atoms with Gasteiger partial charge in [-0.2, -0.15) is 9.40 Å². The monoisotopic (exact) mass is 541 g/mol. The molecule has 2 aromatic heterocycles. The Morgan fingerprint density at radius 2 is 1.74 bits per heavy atom. The number of pyridine rings is 1. The van der Waals surface area contributed by atoms with E-state index in [0.29, 0.717) is 30.2 Å². The van der Waals surface area contributed by atoms with E-state index in [9.17, 15) is 22.7 Å². The summed E-state index contributed by atoms with van der Waals surface area (Å²) >= 11 is 0. The first-order valence-electron chi connectivity index (χ1n) is 11.9. The molecule has 11 nitrogen and oxygen atoms in total. The van der Waals surface area contributed by atoms with E-state index in [1.54, 1.807) is 25.2 Å². The van der Waals surface area contributed by atoms with E-state index in [-0.39, 0.29) is 48.5 Å². The van der Waals surface area contributed by atoms with Crippen molar-refractivity contribution in [3.63, 3.8) is 0 Å². The lowest BCUT2D eigenvalue weighted by atomic mass is 10.1. The molecule has 0 bridgehead atoms. The van der Waals surface area contributed by atoms with Gasteiger partial charge in [0.2, 0.25) is 10.0 Å². The minimum absolute atomic E-state index is 0.0124. The van der Waals surface area contributed by atoms with Gasteiger partial charge in [-0.3, -0.25) is 9.48 Å². The number of sulfonamides is 1. The lowest BCUT2D eigenvalue weighted by Gasteiger charge is -2.24. The van der Waals surface area contributed by atoms with Crippen molar-refractivity contribution in [2.24, 2.45) is 7.05 Å². The fourth-order valence-electron chi connectivity index (χ4n) is 4.89. The van der Waals surface area contributed by atoms with Gasteiger partial charge in [0.05, 0.1) is 11.9 Å². The Kier molecular flexibility index (Phi) is 5.93. The van der Waals surface area contributed by atoms with E-state index in [0.717, 1.165) is 11.1 Å². The summed E-state index contributed by atoms with van der Waals surface area (Å²) in [5.74, 6) is -0.327. The summed E-state index contributed by atoms with van der Waals surface area (Å²) < 4.78 is 53.5. The molecule has 198 valence electrons. The summed E-state index contributed by atoms with van der Waals surface area (Å²) in [6.45, 7) is 1.39. The summed E-state index contributed by atoms with van der Waals surface area (Å²) in [5.41, 5.74) is 3.16. The van der Waals surface area contributed by atoms with Crippen LogP contribution in [0, 0.1) is 5.82 Å². The number of aryl methyl sites for hydroxylation is 1. The normalized spacial score (nSPS) is 18.1. The van der Waals surface area contributed by atoms with Crippen molar-refractivity contribution in [2.75, 3.05) is 39.4 Å². The minimum Gasteiger partial charge on any atom is -0.484 e. The van der Waals surface area contributed by atoms with E-state index in [1.165, 1.54) is 38.3 Å². The Labute approximate surface area is 217 Å². The number of fused-ring (bicyclic) bond motifs is 1. The number of aromatic nitrogens is 3. The molecule has 38 heavy (non-hydrogen) atoms. The Hall–Kier alpha value is -3.81. The number of benzene rings is 1. The van der Waals surface area contributed by atoms with Gasteiger partial charge in [0.1, 0.15) is 29.6 Å². The number of carbonyl (C=O) groups excluding carboxylic acids is 1. The minimum atomic E-state index is -3.84. The van der Waals surface area contributed by atoms with E-state index < -0.39 is 22.0 Å². The quantitative estimate of drug-likeness (QED) is 0.479. The standard InChI is InChI=1S/C25H24FN5O6S/c1-29-21(15-2-4-18(26)5-3-15)9-20(28-29)23(32)25(33)30-11-16-13-31(14-17(16)12-30)38(34,35)19-8-22-24(27-10-19)37-7-6-36-22/h2-5,8-10,23,32H,6-7,11-14H2,1H3. The molecule has 13 heteroatoms. The maximum Gasteiger partial charge on any atom is 0.258 e. The first-order valence-corrected chi connectivity index (χ1v) is 13.4. The second-order valence-corrected chi connectivity index (χ2v) is 11.3. The Morgan fingerprint density at radius 1 is 1.05 bits per heavy atom. The predicted octanol–water partition coefficient (Wildman–Crippen LogP) is 1.27. The fraction of sp³-hybridized carbons (Fsp3) is 0.320. The highest BCUT2D eigenvalue weighted by Crippen LogP contribution is 2.34. The van der Waals surface area contributed by atoms with Gasteiger partial charge >= 0.3 is 0 Å². The Balaban J connectivity index is 1.12. The molecule has 6 rings (SSSR count). The van der Waals surface area contributed by atoms with Crippen molar-refractivity contribution in [2.45, 2.75) is 11.0 Å². The van der Waals surface area contributed by atoms with Crippen LogP contribution in [0.15, 0.2) is 58.6 Å². The van der Waals surface area contributed by atoms with Crippen LogP contribution >= 0.6 is 0 Å². The Morgan fingerprint density at radius 3 is 2.45 bits per heavy atom. The van der Waals surface area contributed by atoms with Crippen LogP contribution in [0.1, 0.15) is 11.8 Å². The smallest absolute Gasteiger partial charge is 0.258 e. The predicted molar refractivity (Wildman–Crippen MR) is 131 cm³/mol. The molecular weight excluding hydrogens is 517 g/mol. The maximum atomic E-state index is 13.3. The van der Waals surface area contributed by atoms with Gasteiger partial charge in [-0.1, -0.05) is 0 Å². The van der Waals surface area contributed by atoms with Gasteiger partial charge in [-0.15, -0.1) is 0 Å². The zero-order valence-electron chi connectivity index (χ0n) is 20.4. The van der Waals surface area contributed by atoms with Gasteiger partial charge in [0.25, 0.3) is 11.8 Å². The average molecular weight is 542 g/mol. The number of hydrogen-bond acceptors (Lipinski definition) is 8. The summed E-state index contributed by atoms with van der Waals surface area (Å²) in [7, 11) is -2.16. The van der Waals surface area contributed by atoms with Crippen molar-refractivity contribution in [3.05, 3.63) is 65.3 Å². The molecule has 1 amide bonds. The number of hydrogen-bond donors (Lipinski definition) is 1. The van der Waals surface area contributed by atoms with Crippen LogP contribution in [0.2, 0.25) is 0 Å². The first-order chi connectivity index (χ1) is 18.2. The highest BCUT2D eigenvalue weighted by atomic mass is 32.2. The summed E-state index contributed by atoms with van der Waals surface area (Å²) in [5, 5.41) is 15.1. The van der Waals surface area contributed by atoms with Crippen LogP contribution in [0.25, 0.3) is 11.3 Å². The number of carbonyl (C=O) groups is 1. The molecule has 3 aliphatic heterocycles. The molecule has 1 atom stereocenters. The van der Waals surface area contributed by atoms with Crippen molar-refractivity contribution >= 4 is 15.9 Å². The summed E-state index contributed by atoms with van der Waals surface area (Å²) in [6, 6.07) is 8.87. The molecule has 0 fully saturated rings. The van der Waals surface area contributed by atoms with E-state index in [1.807, 2.05) is 0 Å². The molecule has 1 aromatic carbocycles. The van der Waals surface area contributed by atoms with Crippen LogP contribution in [-0.2, 0) is 21.9 Å².